The van der Waals surface area contributed by atoms with Crippen LogP contribution in [-0.4, -0.2) is 18.2 Å². The molecule has 0 unspecified atom stereocenters. The molecule has 126 valence electrons. The highest BCUT2D eigenvalue weighted by Crippen LogP contribution is 2.19. The molecule has 3 aromatic carbocycles. The monoisotopic (exact) mass is 332 g/mol. The molecule has 0 aliphatic heterocycles. The average molecular weight is 332 g/mol. The zero-order valence-corrected chi connectivity index (χ0v) is 14.3. The molecule has 3 rings (SSSR count). The quantitative estimate of drug-likeness (QED) is 0.556. The van der Waals surface area contributed by atoms with E-state index in [0.29, 0.717) is 12.2 Å². The summed E-state index contributed by atoms with van der Waals surface area (Å²) in [7, 11) is 0. The second-order valence-electron chi connectivity index (χ2n) is 5.62. The number of fused-ring (bicyclic) bond motifs is 1. The highest BCUT2D eigenvalue weighted by atomic mass is 16.5. The lowest BCUT2D eigenvalue weighted by atomic mass is 10.0. The molecule has 0 saturated heterocycles. The van der Waals surface area contributed by atoms with Gasteiger partial charge in [0.1, 0.15) is 5.75 Å². The summed E-state index contributed by atoms with van der Waals surface area (Å²) in [4.78, 5) is 12.3. The number of nitrogens with zero attached hydrogens (tertiary/aromatic N) is 1. The first-order valence-electron chi connectivity index (χ1n) is 8.24. The Labute approximate surface area is 147 Å². The van der Waals surface area contributed by atoms with Crippen LogP contribution in [0.3, 0.4) is 0 Å². The van der Waals surface area contributed by atoms with Crippen LogP contribution in [0.15, 0.2) is 71.8 Å². The number of amides is 1. The van der Waals surface area contributed by atoms with Crippen LogP contribution in [0, 0.1) is 0 Å². The molecule has 4 heteroatoms. The van der Waals surface area contributed by atoms with E-state index < -0.39 is 0 Å². The number of carbonyl (C=O) groups excluding carboxylic acids is 1. The van der Waals surface area contributed by atoms with Crippen molar-refractivity contribution in [3.05, 3.63) is 77.9 Å². The third kappa shape index (κ3) is 3.86. The Balaban J connectivity index is 1.77. The number of nitrogens with one attached hydrogen (secondary N) is 1. The molecule has 0 aliphatic rings. The Morgan fingerprint density at radius 3 is 2.48 bits per heavy atom. The largest absolute Gasteiger partial charge is 0.494 e. The van der Waals surface area contributed by atoms with Crippen molar-refractivity contribution in [2.45, 2.75) is 13.8 Å². The van der Waals surface area contributed by atoms with E-state index in [1.54, 1.807) is 24.3 Å². The van der Waals surface area contributed by atoms with Crippen LogP contribution in [-0.2, 0) is 0 Å². The number of hydrogen-bond donors (Lipinski definition) is 1. The van der Waals surface area contributed by atoms with Crippen LogP contribution >= 0.6 is 0 Å². The zero-order chi connectivity index (χ0) is 17.6. The Morgan fingerprint density at radius 1 is 1.00 bits per heavy atom. The number of hydrogen-bond acceptors (Lipinski definition) is 3. The third-order valence-electron chi connectivity index (χ3n) is 3.93. The summed E-state index contributed by atoms with van der Waals surface area (Å²) in [6, 6.07) is 21.2. The lowest BCUT2D eigenvalue weighted by molar-refractivity contribution is 0.0955. The Morgan fingerprint density at radius 2 is 1.72 bits per heavy atom. The molecule has 1 N–H and O–H groups in total. The van der Waals surface area contributed by atoms with Crippen molar-refractivity contribution in [1.82, 2.24) is 5.43 Å². The van der Waals surface area contributed by atoms with Crippen LogP contribution in [0.25, 0.3) is 10.8 Å². The van der Waals surface area contributed by atoms with Crippen LogP contribution in [0.5, 0.6) is 5.75 Å². The minimum atomic E-state index is -0.248. The van der Waals surface area contributed by atoms with Crippen molar-refractivity contribution in [3.8, 4) is 5.75 Å². The molecule has 0 atom stereocenters. The van der Waals surface area contributed by atoms with Gasteiger partial charge in [0.15, 0.2) is 0 Å². The molecule has 3 aromatic rings. The molecule has 4 nitrogen and oxygen atoms in total. The standard InChI is InChI=1S/C21H20N2O2/c1-3-25-18-13-11-17(12-14-18)21(24)23-22-15(2)19-10-6-8-16-7-4-5-9-20(16)19/h4-14H,3H2,1-2H3,(H,23,24)/b22-15-. The molecule has 0 spiro atoms. The Kier molecular flexibility index (Phi) is 5.09. The first kappa shape index (κ1) is 16.7. The maximum Gasteiger partial charge on any atom is 0.271 e. The topological polar surface area (TPSA) is 50.7 Å². The lowest BCUT2D eigenvalue weighted by Gasteiger charge is -2.07. The number of hydrazone groups is 1. The van der Waals surface area contributed by atoms with Crippen LogP contribution in [0.4, 0.5) is 0 Å². The zero-order valence-electron chi connectivity index (χ0n) is 14.3. The fourth-order valence-electron chi connectivity index (χ4n) is 2.67. The van der Waals surface area contributed by atoms with Gasteiger partial charge in [0.25, 0.3) is 5.91 Å². The van der Waals surface area contributed by atoms with Crippen molar-refractivity contribution in [2.75, 3.05) is 6.61 Å². The summed E-state index contributed by atoms with van der Waals surface area (Å²) in [5.41, 5.74) is 4.93. The molecule has 0 bridgehead atoms. The third-order valence-corrected chi connectivity index (χ3v) is 3.93. The molecule has 0 aromatic heterocycles. The molecule has 0 aliphatic carbocycles. The van der Waals surface area contributed by atoms with Gasteiger partial charge in [0.05, 0.1) is 12.3 Å². The summed E-state index contributed by atoms with van der Waals surface area (Å²) >= 11 is 0. The average Bonchev–Trinajstić information content (AvgIpc) is 2.66. The lowest BCUT2D eigenvalue weighted by Crippen LogP contribution is -2.19. The predicted molar refractivity (Wildman–Crippen MR) is 101 cm³/mol. The van der Waals surface area contributed by atoms with Crippen LogP contribution in [0.1, 0.15) is 29.8 Å². The number of carbonyl (C=O) groups is 1. The fourth-order valence-corrected chi connectivity index (χ4v) is 2.67. The molecule has 1 amide bonds. The van der Waals surface area contributed by atoms with E-state index in [2.05, 4.69) is 28.7 Å². The summed E-state index contributed by atoms with van der Waals surface area (Å²) in [6.07, 6.45) is 0. The molecule has 0 fully saturated rings. The van der Waals surface area contributed by atoms with Gasteiger partial charge in [-0.2, -0.15) is 5.10 Å². The van der Waals surface area contributed by atoms with Crippen molar-refractivity contribution >= 4 is 22.4 Å². The Bertz CT molecular complexity index is 909. The summed E-state index contributed by atoms with van der Waals surface area (Å²) < 4.78 is 5.38. The van der Waals surface area contributed by atoms with E-state index in [4.69, 9.17) is 4.74 Å². The second kappa shape index (κ2) is 7.62. The highest BCUT2D eigenvalue weighted by molar-refractivity contribution is 6.10. The normalized spacial score (nSPS) is 11.4. The van der Waals surface area contributed by atoms with Crippen LogP contribution in [0.2, 0.25) is 0 Å². The van der Waals surface area contributed by atoms with Crippen molar-refractivity contribution in [1.29, 1.82) is 0 Å². The van der Waals surface area contributed by atoms with Crippen molar-refractivity contribution in [2.24, 2.45) is 5.10 Å². The minimum absolute atomic E-state index is 0.248. The van der Waals surface area contributed by atoms with Gasteiger partial charge in [-0.05, 0) is 48.9 Å². The summed E-state index contributed by atoms with van der Waals surface area (Å²) in [5.74, 6) is 0.497. The van der Waals surface area contributed by atoms with E-state index in [0.717, 1.165) is 27.8 Å². The molecule has 0 radical (unpaired) electrons. The van der Waals surface area contributed by atoms with Gasteiger partial charge in [-0.15, -0.1) is 0 Å². The predicted octanol–water partition coefficient (Wildman–Crippen LogP) is 4.39. The smallest absolute Gasteiger partial charge is 0.271 e. The van der Waals surface area contributed by atoms with E-state index in [9.17, 15) is 4.79 Å². The van der Waals surface area contributed by atoms with Crippen molar-refractivity contribution < 1.29 is 9.53 Å². The maximum atomic E-state index is 12.3. The van der Waals surface area contributed by atoms with E-state index in [1.807, 2.05) is 38.1 Å². The maximum absolute atomic E-state index is 12.3. The van der Waals surface area contributed by atoms with Gasteiger partial charge in [-0.1, -0.05) is 42.5 Å². The van der Waals surface area contributed by atoms with E-state index in [-0.39, 0.29) is 5.91 Å². The highest BCUT2D eigenvalue weighted by Gasteiger charge is 2.07. The van der Waals surface area contributed by atoms with Gasteiger partial charge >= 0.3 is 0 Å². The summed E-state index contributed by atoms with van der Waals surface area (Å²) in [5, 5.41) is 6.52. The van der Waals surface area contributed by atoms with Gasteiger partial charge in [0.2, 0.25) is 0 Å². The van der Waals surface area contributed by atoms with Gasteiger partial charge in [-0.25, -0.2) is 5.43 Å². The van der Waals surface area contributed by atoms with E-state index in [1.165, 1.54) is 0 Å². The second-order valence-corrected chi connectivity index (χ2v) is 5.62. The molecular weight excluding hydrogens is 312 g/mol. The molecule has 0 saturated carbocycles. The SMILES string of the molecule is CCOc1ccc(C(=O)N/N=C(/C)c2cccc3ccccc23)cc1. The summed E-state index contributed by atoms with van der Waals surface area (Å²) in [6.45, 7) is 4.41. The Hall–Kier alpha value is -3.14. The molecule has 25 heavy (non-hydrogen) atoms. The van der Waals surface area contributed by atoms with Crippen molar-refractivity contribution in [3.63, 3.8) is 0 Å². The molecule has 0 heterocycles. The number of rotatable bonds is 5. The first-order chi connectivity index (χ1) is 12.2. The van der Waals surface area contributed by atoms with E-state index >= 15 is 0 Å². The van der Waals surface area contributed by atoms with Gasteiger partial charge in [0, 0.05) is 11.1 Å². The van der Waals surface area contributed by atoms with Crippen LogP contribution < -0.4 is 10.2 Å². The minimum Gasteiger partial charge on any atom is -0.494 e. The van der Waals surface area contributed by atoms with Gasteiger partial charge in [-0.3, -0.25) is 4.79 Å². The molecular formula is C21H20N2O2. The first-order valence-corrected chi connectivity index (χ1v) is 8.24. The van der Waals surface area contributed by atoms with Gasteiger partial charge < -0.3 is 4.74 Å². The number of ether oxygens (including phenoxy) is 1. The number of benzene rings is 3. The fraction of sp³-hybridized carbons (Fsp3) is 0.143.